The number of aryl methyl sites for hydroxylation is 2. The van der Waals surface area contributed by atoms with E-state index in [1.807, 2.05) is 52.0 Å². The minimum atomic E-state index is -5.62. The highest BCUT2D eigenvalue weighted by atomic mass is 19.4. The van der Waals surface area contributed by atoms with Crippen LogP contribution in [0.5, 0.6) is 0 Å². The minimum absolute atomic E-state index is 0.181. The molecule has 0 atom stereocenters. The van der Waals surface area contributed by atoms with Crippen LogP contribution in [0.1, 0.15) is 30.5 Å². The SMILES string of the molecule is CC.Cc1ccccc1-c1cc2c(cc1C)c1ccccc1n2-c1c(F)c(F)c(C(F)(F)F)c(F)c1F. The summed E-state index contributed by atoms with van der Waals surface area (Å²) in [5, 5.41) is 1.04. The molecule has 5 aromatic rings. The normalized spacial score (nSPS) is 11.6. The van der Waals surface area contributed by atoms with Crippen molar-refractivity contribution in [2.75, 3.05) is 0 Å². The topological polar surface area (TPSA) is 4.93 Å². The second-order valence-electron chi connectivity index (χ2n) is 8.33. The highest BCUT2D eigenvalue weighted by Gasteiger charge is 2.43. The van der Waals surface area contributed by atoms with Crippen LogP contribution in [0, 0.1) is 37.1 Å². The Morgan fingerprint density at radius 1 is 0.595 bits per heavy atom. The van der Waals surface area contributed by atoms with Gasteiger partial charge in [0.25, 0.3) is 0 Å². The number of nitrogens with zero attached hydrogens (tertiary/aromatic N) is 1. The molecule has 0 fully saturated rings. The van der Waals surface area contributed by atoms with Crippen molar-refractivity contribution in [1.82, 2.24) is 4.57 Å². The van der Waals surface area contributed by atoms with Crippen LogP contribution in [0.25, 0.3) is 38.6 Å². The van der Waals surface area contributed by atoms with Gasteiger partial charge >= 0.3 is 6.18 Å². The Hall–Kier alpha value is -3.81. The number of aromatic nitrogens is 1. The van der Waals surface area contributed by atoms with Crippen LogP contribution in [-0.2, 0) is 6.18 Å². The number of para-hydroxylation sites is 1. The molecule has 1 heterocycles. The van der Waals surface area contributed by atoms with E-state index in [4.69, 9.17) is 0 Å². The smallest absolute Gasteiger partial charge is 0.304 e. The number of hydrogen-bond donors (Lipinski definition) is 0. The number of benzene rings is 4. The molecule has 5 rings (SSSR count). The van der Waals surface area contributed by atoms with Crippen LogP contribution in [-0.4, -0.2) is 4.57 Å². The fourth-order valence-corrected chi connectivity index (χ4v) is 4.59. The van der Waals surface area contributed by atoms with Crippen molar-refractivity contribution in [3.05, 3.63) is 101 Å². The van der Waals surface area contributed by atoms with Gasteiger partial charge < -0.3 is 4.57 Å². The van der Waals surface area contributed by atoms with Crippen molar-refractivity contribution in [2.45, 2.75) is 33.9 Å². The second-order valence-corrected chi connectivity index (χ2v) is 8.33. The lowest BCUT2D eigenvalue weighted by Crippen LogP contribution is -2.17. The van der Waals surface area contributed by atoms with Crippen molar-refractivity contribution >= 4 is 21.8 Å². The number of halogens is 7. The zero-order valence-corrected chi connectivity index (χ0v) is 20.4. The number of fused-ring (bicyclic) bond motifs is 3. The maximum atomic E-state index is 15.1. The Labute approximate surface area is 208 Å². The molecule has 0 unspecified atom stereocenters. The molecule has 1 nitrogen and oxygen atoms in total. The molecule has 8 heteroatoms. The summed E-state index contributed by atoms with van der Waals surface area (Å²) < 4.78 is 99.7. The molecular weight excluding hydrogens is 495 g/mol. The van der Waals surface area contributed by atoms with Crippen molar-refractivity contribution in [3.8, 4) is 16.8 Å². The molecule has 37 heavy (non-hydrogen) atoms. The molecule has 0 aliphatic rings. The molecule has 0 aliphatic heterocycles. The molecule has 192 valence electrons. The maximum Gasteiger partial charge on any atom is 0.422 e. The summed E-state index contributed by atoms with van der Waals surface area (Å²) in [6, 6.07) is 17.2. The van der Waals surface area contributed by atoms with Gasteiger partial charge in [-0.15, -0.1) is 0 Å². The summed E-state index contributed by atoms with van der Waals surface area (Å²) in [6.45, 7) is 7.74. The molecule has 0 radical (unpaired) electrons. The predicted octanol–water partition coefficient (Wildman–Crippen LogP) is 9.67. The summed E-state index contributed by atoms with van der Waals surface area (Å²) in [4.78, 5) is 0. The molecular formula is C29H22F7N. The highest BCUT2D eigenvalue weighted by Crippen LogP contribution is 2.42. The third-order valence-electron chi connectivity index (χ3n) is 6.20. The lowest BCUT2D eigenvalue weighted by atomic mass is 9.95. The van der Waals surface area contributed by atoms with E-state index in [-0.39, 0.29) is 11.0 Å². The monoisotopic (exact) mass is 517 g/mol. The minimum Gasteiger partial charge on any atom is -0.304 e. The Kier molecular flexibility index (Phi) is 6.79. The zero-order chi connectivity index (χ0) is 27.2. The summed E-state index contributed by atoms with van der Waals surface area (Å²) in [7, 11) is 0. The Balaban J connectivity index is 0.00000156. The first-order valence-electron chi connectivity index (χ1n) is 11.6. The first-order valence-corrected chi connectivity index (χ1v) is 11.6. The summed E-state index contributed by atoms with van der Waals surface area (Å²) >= 11 is 0. The van der Waals surface area contributed by atoms with Gasteiger partial charge in [0.1, 0.15) is 11.3 Å². The molecule has 0 saturated heterocycles. The van der Waals surface area contributed by atoms with E-state index in [1.165, 1.54) is 6.07 Å². The maximum absolute atomic E-state index is 15.1. The second kappa shape index (κ2) is 9.57. The van der Waals surface area contributed by atoms with Crippen LogP contribution >= 0.6 is 0 Å². The summed E-state index contributed by atoms with van der Waals surface area (Å²) in [5.41, 5.74) is -0.205. The van der Waals surface area contributed by atoms with Gasteiger partial charge in [0.15, 0.2) is 23.3 Å². The number of hydrogen-bond acceptors (Lipinski definition) is 0. The van der Waals surface area contributed by atoms with Crippen LogP contribution in [0.4, 0.5) is 30.7 Å². The van der Waals surface area contributed by atoms with E-state index < -0.39 is 40.7 Å². The Bertz CT molecular complexity index is 1620. The molecule has 0 amide bonds. The predicted molar refractivity (Wildman–Crippen MR) is 132 cm³/mol. The Morgan fingerprint density at radius 2 is 1.16 bits per heavy atom. The first-order chi connectivity index (χ1) is 17.5. The number of alkyl halides is 3. The van der Waals surface area contributed by atoms with Gasteiger partial charge in [-0.2, -0.15) is 13.2 Å². The van der Waals surface area contributed by atoms with Gasteiger partial charge in [0.05, 0.1) is 11.0 Å². The van der Waals surface area contributed by atoms with Crippen LogP contribution in [0.15, 0.2) is 60.7 Å². The molecule has 0 bridgehead atoms. The van der Waals surface area contributed by atoms with Crippen LogP contribution in [0.3, 0.4) is 0 Å². The third-order valence-corrected chi connectivity index (χ3v) is 6.20. The van der Waals surface area contributed by atoms with E-state index in [1.54, 1.807) is 30.3 Å². The Morgan fingerprint density at radius 3 is 1.76 bits per heavy atom. The number of rotatable bonds is 2. The average molecular weight is 517 g/mol. The fraction of sp³-hybridized carbons (Fsp3) is 0.172. The molecule has 0 spiro atoms. The average Bonchev–Trinajstić information content (AvgIpc) is 3.17. The van der Waals surface area contributed by atoms with Gasteiger partial charge in [0.2, 0.25) is 0 Å². The first kappa shape index (κ1) is 26.3. The van der Waals surface area contributed by atoms with E-state index in [9.17, 15) is 22.0 Å². The molecule has 0 saturated carbocycles. The molecule has 0 aliphatic carbocycles. The van der Waals surface area contributed by atoms with E-state index >= 15 is 8.78 Å². The van der Waals surface area contributed by atoms with Gasteiger partial charge in [-0.3, -0.25) is 0 Å². The fourth-order valence-electron chi connectivity index (χ4n) is 4.59. The van der Waals surface area contributed by atoms with E-state index in [0.29, 0.717) is 16.3 Å². The van der Waals surface area contributed by atoms with Gasteiger partial charge in [-0.05, 0) is 54.3 Å². The van der Waals surface area contributed by atoms with Crippen molar-refractivity contribution in [1.29, 1.82) is 0 Å². The quantitative estimate of drug-likeness (QED) is 0.162. The van der Waals surface area contributed by atoms with Crippen molar-refractivity contribution < 1.29 is 30.7 Å². The molecule has 0 N–H and O–H groups in total. The molecule has 1 aromatic heterocycles. The molecule has 4 aromatic carbocycles. The van der Waals surface area contributed by atoms with Crippen LogP contribution < -0.4 is 0 Å². The third kappa shape index (κ3) is 4.14. The largest absolute Gasteiger partial charge is 0.422 e. The standard InChI is InChI=1S/C27H16F7N.C2H6/c1-13-7-3-4-8-15(13)17-12-20-18(11-14(17)2)16-9-5-6-10-19(16)35(20)26-24(30)22(28)21(27(32,33)34)23(29)25(26)31;1-2/h3-12H,1-2H3;1-2H3. The lowest BCUT2D eigenvalue weighted by Gasteiger charge is -2.17. The lowest BCUT2D eigenvalue weighted by molar-refractivity contribution is -0.143. The van der Waals surface area contributed by atoms with Gasteiger partial charge in [-0.25, -0.2) is 17.6 Å². The van der Waals surface area contributed by atoms with Crippen molar-refractivity contribution in [3.63, 3.8) is 0 Å². The van der Waals surface area contributed by atoms with E-state index in [2.05, 4.69) is 0 Å². The summed E-state index contributed by atoms with van der Waals surface area (Å²) in [6.07, 6.45) is -5.62. The van der Waals surface area contributed by atoms with Crippen molar-refractivity contribution in [2.24, 2.45) is 0 Å². The van der Waals surface area contributed by atoms with Crippen LogP contribution in [0.2, 0.25) is 0 Å². The summed E-state index contributed by atoms with van der Waals surface area (Å²) in [5.74, 6) is -9.25. The van der Waals surface area contributed by atoms with Gasteiger partial charge in [-0.1, -0.05) is 56.3 Å². The van der Waals surface area contributed by atoms with Gasteiger partial charge in [0, 0.05) is 10.8 Å². The zero-order valence-electron chi connectivity index (χ0n) is 20.4. The highest BCUT2D eigenvalue weighted by molar-refractivity contribution is 6.10. The van der Waals surface area contributed by atoms with E-state index in [0.717, 1.165) is 21.3 Å².